The largest absolute Gasteiger partial charge is 0.455 e. The third-order valence-electron chi connectivity index (χ3n) is 8.94. The van der Waals surface area contributed by atoms with Gasteiger partial charge in [-0.15, -0.1) is 10.2 Å². The molecule has 2 aromatic heterocycles. The zero-order valence-electron chi connectivity index (χ0n) is 29.9. The first-order chi connectivity index (χ1) is 27.4. The molecular formula is C37H32Cl4F4N6O5S2. The van der Waals surface area contributed by atoms with E-state index in [2.05, 4.69) is 25.2 Å². The lowest BCUT2D eigenvalue weighted by molar-refractivity contribution is -0.137. The fraction of sp³-hybridized carbons (Fsp3) is 0.297. The highest BCUT2D eigenvalue weighted by Crippen LogP contribution is 2.41. The van der Waals surface area contributed by atoms with Gasteiger partial charge in [0.1, 0.15) is 34.3 Å². The molecule has 1 saturated heterocycles. The molecular weight excluding hydrogens is 890 g/mol. The van der Waals surface area contributed by atoms with Gasteiger partial charge in [0.2, 0.25) is 8.92 Å². The minimum Gasteiger partial charge on any atom is -0.455 e. The van der Waals surface area contributed by atoms with Crippen LogP contribution in [0.3, 0.4) is 0 Å². The maximum absolute atomic E-state index is 15.5. The number of anilines is 1. The normalized spacial score (nSPS) is 13.9. The van der Waals surface area contributed by atoms with Crippen molar-refractivity contribution in [2.24, 2.45) is 5.92 Å². The number of rotatable bonds is 13. The number of carbonyl (C=O) groups excluding carboxylic acids is 1. The second-order valence-electron chi connectivity index (χ2n) is 13.1. The van der Waals surface area contributed by atoms with E-state index in [0.29, 0.717) is 41.3 Å². The number of hydrogen-bond acceptors (Lipinski definition) is 10. The van der Waals surface area contributed by atoms with Crippen LogP contribution in [0.5, 0.6) is 11.5 Å². The van der Waals surface area contributed by atoms with E-state index >= 15 is 4.39 Å². The lowest BCUT2D eigenvalue weighted by atomic mass is 9.94. The van der Waals surface area contributed by atoms with Crippen molar-refractivity contribution in [1.82, 2.24) is 25.4 Å². The second kappa shape index (κ2) is 18.5. The van der Waals surface area contributed by atoms with Crippen molar-refractivity contribution in [2.45, 2.75) is 40.7 Å². The summed E-state index contributed by atoms with van der Waals surface area (Å²) in [4.78, 5) is 18.4. The van der Waals surface area contributed by atoms with E-state index in [0.717, 1.165) is 61.5 Å². The molecule has 0 saturated carbocycles. The predicted octanol–water partition coefficient (Wildman–Crippen LogP) is 10.4. The van der Waals surface area contributed by atoms with Gasteiger partial charge >= 0.3 is 12.3 Å². The topological polar surface area (TPSA) is 136 Å². The van der Waals surface area contributed by atoms with Crippen molar-refractivity contribution >= 4 is 79.0 Å². The molecule has 1 amide bonds. The summed E-state index contributed by atoms with van der Waals surface area (Å²) in [5.74, 6) is -1.03. The van der Waals surface area contributed by atoms with Crippen LogP contribution in [0.25, 0.3) is 22.3 Å². The van der Waals surface area contributed by atoms with Crippen LogP contribution < -0.4 is 14.8 Å². The van der Waals surface area contributed by atoms with Gasteiger partial charge in [-0.1, -0.05) is 75.9 Å². The maximum Gasteiger partial charge on any atom is 0.416 e. The van der Waals surface area contributed by atoms with Crippen LogP contribution in [0.4, 0.5) is 27.5 Å². The van der Waals surface area contributed by atoms with Crippen LogP contribution in [0.1, 0.15) is 30.5 Å². The third kappa shape index (κ3) is 11.6. The van der Waals surface area contributed by atoms with E-state index in [4.69, 9.17) is 55.9 Å². The van der Waals surface area contributed by atoms with Crippen molar-refractivity contribution in [3.63, 3.8) is 0 Å². The Morgan fingerprint density at radius 2 is 1.74 bits per heavy atom. The average molecular weight is 923 g/mol. The quantitative estimate of drug-likeness (QED) is 0.0874. The molecule has 0 aliphatic carbocycles. The van der Waals surface area contributed by atoms with Crippen LogP contribution in [0, 0.1) is 11.7 Å². The van der Waals surface area contributed by atoms with Crippen LogP contribution in [-0.4, -0.2) is 64.6 Å². The Kier molecular flexibility index (Phi) is 13.9. The third-order valence-corrected chi connectivity index (χ3v) is 11.7. The number of nitrogens with one attached hydrogen (secondary N) is 2. The van der Waals surface area contributed by atoms with Crippen LogP contribution >= 0.6 is 57.7 Å². The number of aromatic nitrogens is 3. The van der Waals surface area contributed by atoms with Gasteiger partial charge in [-0.2, -0.15) is 13.2 Å². The van der Waals surface area contributed by atoms with Gasteiger partial charge in [-0.3, -0.25) is 9.71 Å². The molecule has 308 valence electrons. The first-order valence-electron chi connectivity index (χ1n) is 17.4. The molecule has 58 heavy (non-hydrogen) atoms. The Labute approximate surface area is 354 Å². The van der Waals surface area contributed by atoms with Gasteiger partial charge in [0, 0.05) is 24.4 Å². The van der Waals surface area contributed by atoms with E-state index in [1.807, 2.05) is 0 Å². The summed E-state index contributed by atoms with van der Waals surface area (Å²) in [6.07, 6.45) is -1.32. The first-order valence-corrected chi connectivity index (χ1v) is 21.2. The molecule has 11 nitrogen and oxygen atoms in total. The monoisotopic (exact) mass is 920 g/mol. The number of ether oxygens (including phenoxy) is 2. The summed E-state index contributed by atoms with van der Waals surface area (Å²) in [7, 11) is -4.47. The standard InChI is InChI=1S/C37H32Cl4F4N6O5S2/c38-29-17-33(58(53,54)50-34-49-48-21-57-34)30(42)18-32(29)56-31-5-4-24(23-2-1-3-26(14-23)37(43,44)45)16-28(31)25-8-12-47-27(15-25)19-51(35(52)55-20-36(39,40)41)13-9-22-6-10-46-11-7-22/h1-5,8,12,14-18,21-22,46H,6-7,9-11,13,19-20H2,(H,49,50). The van der Waals surface area contributed by atoms with Crippen LogP contribution in [0.15, 0.2) is 83.3 Å². The number of sulfonamides is 1. The number of benzene rings is 3. The molecule has 1 aliphatic heterocycles. The molecule has 1 aliphatic rings. The zero-order chi connectivity index (χ0) is 41.7. The number of alkyl halides is 6. The second-order valence-corrected chi connectivity index (χ2v) is 18.5. The Balaban J connectivity index is 1.36. The minimum atomic E-state index is -4.60. The van der Waals surface area contributed by atoms with E-state index < -0.39 is 49.0 Å². The van der Waals surface area contributed by atoms with Crippen molar-refractivity contribution in [3.05, 3.63) is 101 Å². The summed E-state index contributed by atoms with van der Waals surface area (Å²) in [5.41, 5.74) is 2.18. The number of nitrogens with zero attached hydrogens (tertiary/aromatic N) is 4. The van der Waals surface area contributed by atoms with E-state index in [9.17, 15) is 26.4 Å². The van der Waals surface area contributed by atoms with E-state index in [1.165, 1.54) is 40.9 Å². The molecule has 1 fully saturated rings. The van der Waals surface area contributed by atoms with Gasteiger partial charge < -0.3 is 19.7 Å². The number of carbonyl (C=O) groups is 1. The van der Waals surface area contributed by atoms with Gasteiger partial charge in [-0.25, -0.2) is 17.6 Å². The lowest BCUT2D eigenvalue weighted by Crippen LogP contribution is -2.36. The molecule has 0 radical (unpaired) electrons. The maximum atomic E-state index is 15.5. The Bertz CT molecular complexity index is 2350. The molecule has 0 bridgehead atoms. The molecule has 21 heteroatoms. The van der Waals surface area contributed by atoms with Crippen molar-refractivity contribution in [3.8, 4) is 33.8 Å². The van der Waals surface area contributed by atoms with Crippen molar-refractivity contribution in [2.75, 3.05) is 31.0 Å². The van der Waals surface area contributed by atoms with Crippen molar-refractivity contribution in [1.29, 1.82) is 0 Å². The highest BCUT2D eigenvalue weighted by Gasteiger charge is 2.31. The number of piperidine rings is 1. The number of hydrogen-bond donors (Lipinski definition) is 2. The minimum absolute atomic E-state index is 0.0287. The highest BCUT2D eigenvalue weighted by molar-refractivity contribution is 7.93. The smallest absolute Gasteiger partial charge is 0.416 e. The molecule has 0 spiro atoms. The molecule has 3 aromatic carbocycles. The number of pyridine rings is 1. The summed E-state index contributed by atoms with van der Waals surface area (Å²) < 4.78 is 94.2. The summed E-state index contributed by atoms with van der Waals surface area (Å²) in [6.45, 7) is 1.51. The van der Waals surface area contributed by atoms with E-state index in [-0.39, 0.29) is 33.8 Å². The van der Waals surface area contributed by atoms with E-state index in [1.54, 1.807) is 18.2 Å². The van der Waals surface area contributed by atoms with Gasteiger partial charge in [0.05, 0.1) is 22.8 Å². The molecule has 6 rings (SSSR count). The first kappa shape index (κ1) is 43.6. The SMILES string of the molecule is O=C(OCC(Cl)(Cl)Cl)N(CCC1CCNCC1)Cc1cc(-c2cc(-c3cccc(C(F)(F)F)c3)ccc2Oc2cc(F)c(S(=O)(=O)Nc3nncs3)cc2Cl)ccn1. The van der Waals surface area contributed by atoms with Gasteiger partial charge in [-0.05, 0) is 97.4 Å². The van der Waals surface area contributed by atoms with Gasteiger partial charge in [0.25, 0.3) is 10.0 Å². The number of halogens is 8. The molecule has 3 heterocycles. The Morgan fingerprint density at radius 3 is 2.45 bits per heavy atom. The van der Waals surface area contributed by atoms with Crippen molar-refractivity contribution < 1.29 is 40.2 Å². The van der Waals surface area contributed by atoms with Crippen LogP contribution in [-0.2, 0) is 27.5 Å². The molecule has 5 aromatic rings. The zero-order valence-corrected chi connectivity index (χ0v) is 34.6. The fourth-order valence-corrected chi connectivity index (χ4v) is 8.32. The highest BCUT2D eigenvalue weighted by atomic mass is 35.6. The summed E-state index contributed by atoms with van der Waals surface area (Å²) in [5, 5.41) is 10.1. The lowest BCUT2D eigenvalue weighted by Gasteiger charge is -2.27. The average Bonchev–Trinajstić information content (AvgIpc) is 3.69. The Hall–Kier alpha value is -3.97. The van der Waals surface area contributed by atoms with Gasteiger partial charge in [0.15, 0.2) is 0 Å². The fourth-order valence-electron chi connectivity index (χ4n) is 6.11. The molecule has 0 unspecified atom stereocenters. The molecule has 0 atom stereocenters. The predicted molar refractivity (Wildman–Crippen MR) is 215 cm³/mol. The Morgan fingerprint density at radius 1 is 0.983 bits per heavy atom. The summed E-state index contributed by atoms with van der Waals surface area (Å²) in [6, 6.07) is 14.2. The summed E-state index contributed by atoms with van der Waals surface area (Å²) >= 11 is 24.9. The number of amides is 1. The molecule has 2 N–H and O–H groups in total. The van der Waals surface area contributed by atoms with Crippen LogP contribution in [0.2, 0.25) is 5.02 Å².